The summed E-state index contributed by atoms with van der Waals surface area (Å²) in [6, 6.07) is 8.68. The Morgan fingerprint density at radius 1 is 1.36 bits per heavy atom. The summed E-state index contributed by atoms with van der Waals surface area (Å²) >= 11 is 1.41. The summed E-state index contributed by atoms with van der Waals surface area (Å²) in [5, 5.41) is 21.1. The van der Waals surface area contributed by atoms with Crippen LogP contribution < -0.4 is 4.74 Å². The van der Waals surface area contributed by atoms with Crippen molar-refractivity contribution < 1.29 is 9.66 Å². The van der Waals surface area contributed by atoms with Crippen LogP contribution in [0, 0.1) is 21.4 Å². The van der Waals surface area contributed by atoms with Crippen LogP contribution in [0.2, 0.25) is 0 Å². The molecule has 25 heavy (non-hydrogen) atoms. The number of rotatable bonds is 5. The number of nitro benzene ring substituents is 1. The number of nitro groups is 1. The normalized spacial score (nSPS) is 13.0. The van der Waals surface area contributed by atoms with E-state index < -0.39 is 4.92 Å². The Bertz CT molecular complexity index is 861. The molecule has 0 N–H and O–H groups in total. The first kappa shape index (κ1) is 17.2. The Labute approximate surface area is 150 Å². The zero-order valence-corrected chi connectivity index (χ0v) is 14.6. The first-order valence-corrected chi connectivity index (χ1v) is 8.98. The first-order valence-electron chi connectivity index (χ1n) is 7.99. The molecule has 3 rings (SSSR count). The van der Waals surface area contributed by atoms with E-state index in [1.165, 1.54) is 36.6 Å². The van der Waals surface area contributed by atoms with Gasteiger partial charge in [-0.05, 0) is 43.4 Å². The summed E-state index contributed by atoms with van der Waals surface area (Å²) in [5.74, 6) is 1.04. The lowest BCUT2D eigenvalue weighted by Gasteiger charge is -2.16. The molecule has 0 fully saturated rings. The summed E-state index contributed by atoms with van der Waals surface area (Å²) in [7, 11) is 1.53. The molecule has 1 aliphatic rings. The van der Waals surface area contributed by atoms with Crippen molar-refractivity contribution in [1.29, 1.82) is 5.26 Å². The second-order valence-electron chi connectivity index (χ2n) is 5.81. The Morgan fingerprint density at radius 3 is 2.88 bits per heavy atom. The molecule has 1 aromatic carbocycles. The molecule has 6 nitrogen and oxygen atoms in total. The van der Waals surface area contributed by atoms with Gasteiger partial charge in [0.1, 0.15) is 16.8 Å². The standard InChI is InChI=1S/C18H17N3O3S/c1-24-17-7-6-15(21(22)23)9-14(17)11-25-18-13(10-19)8-12-4-2-3-5-16(12)20-18/h6-9H,2-5,11H2,1H3. The highest BCUT2D eigenvalue weighted by atomic mass is 32.2. The number of thioether (sulfide) groups is 1. The Kier molecular flexibility index (Phi) is 5.19. The SMILES string of the molecule is COc1ccc([N+](=O)[O-])cc1CSc1nc2c(cc1C#N)CCCC2. The third kappa shape index (κ3) is 3.74. The maximum atomic E-state index is 11.0. The van der Waals surface area contributed by atoms with Crippen LogP contribution in [0.25, 0.3) is 0 Å². The van der Waals surface area contributed by atoms with Crippen LogP contribution in [0.1, 0.15) is 35.2 Å². The van der Waals surface area contributed by atoms with E-state index in [0.717, 1.165) is 31.4 Å². The molecule has 0 aliphatic heterocycles. The van der Waals surface area contributed by atoms with Crippen molar-refractivity contribution in [2.24, 2.45) is 0 Å². The van der Waals surface area contributed by atoms with Crippen molar-refractivity contribution in [3.8, 4) is 11.8 Å². The second-order valence-corrected chi connectivity index (χ2v) is 6.77. The number of hydrogen-bond acceptors (Lipinski definition) is 6. The van der Waals surface area contributed by atoms with Crippen LogP contribution >= 0.6 is 11.8 Å². The molecule has 1 aromatic heterocycles. The van der Waals surface area contributed by atoms with Crippen LogP contribution in [-0.2, 0) is 18.6 Å². The summed E-state index contributed by atoms with van der Waals surface area (Å²) in [5.41, 5.74) is 3.54. The van der Waals surface area contributed by atoms with Crippen molar-refractivity contribution in [2.75, 3.05) is 7.11 Å². The molecule has 0 amide bonds. The Morgan fingerprint density at radius 2 is 2.16 bits per heavy atom. The van der Waals surface area contributed by atoms with Gasteiger partial charge in [-0.1, -0.05) is 0 Å². The van der Waals surface area contributed by atoms with Gasteiger partial charge in [0.15, 0.2) is 0 Å². The molecule has 0 radical (unpaired) electrons. The van der Waals surface area contributed by atoms with E-state index in [4.69, 9.17) is 4.74 Å². The van der Waals surface area contributed by atoms with Gasteiger partial charge >= 0.3 is 0 Å². The molecule has 2 aromatic rings. The Balaban J connectivity index is 1.87. The maximum Gasteiger partial charge on any atom is 0.270 e. The summed E-state index contributed by atoms with van der Waals surface area (Å²) in [4.78, 5) is 15.2. The molecule has 128 valence electrons. The largest absolute Gasteiger partial charge is 0.496 e. The third-order valence-electron chi connectivity index (χ3n) is 4.23. The predicted molar refractivity (Wildman–Crippen MR) is 94.8 cm³/mol. The van der Waals surface area contributed by atoms with Crippen LogP contribution in [0.15, 0.2) is 29.3 Å². The van der Waals surface area contributed by atoms with E-state index in [1.807, 2.05) is 6.07 Å². The highest BCUT2D eigenvalue weighted by molar-refractivity contribution is 7.98. The van der Waals surface area contributed by atoms with Gasteiger partial charge in [-0.15, -0.1) is 11.8 Å². The molecule has 1 heterocycles. The van der Waals surface area contributed by atoms with E-state index in [9.17, 15) is 15.4 Å². The lowest BCUT2D eigenvalue weighted by molar-refractivity contribution is -0.384. The van der Waals surface area contributed by atoms with Crippen LogP contribution in [0.4, 0.5) is 5.69 Å². The van der Waals surface area contributed by atoms with Gasteiger partial charge in [-0.3, -0.25) is 10.1 Å². The lowest BCUT2D eigenvalue weighted by atomic mass is 9.95. The van der Waals surface area contributed by atoms with Crippen LogP contribution in [0.3, 0.4) is 0 Å². The minimum absolute atomic E-state index is 0.0234. The van der Waals surface area contributed by atoms with Gasteiger partial charge in [0, 0.05) is 29.1 Å². The number of nitriles is 1. The van der Waals surface area contributed by atoms with Gasteiger partial charge in [0.2, 0.25) is 0 Å². The van der Waals surface area contributed by atoms with Gasteiger partial charge in [0.05, 0.1) is 17.6 Å². The smallest absolute Gasteiger partial charge is 0.270 e. The maximum absolute atomic E-state index is 11.0. The number of pyridine rings is 1. The summed E-state index contributed by atoms with van der Waals surface area (Å²) in [6.45, 7) is 0. The van der Waals surface area contributed by atoms with Crippen molar-refractivity contribution in [1.82, 2.24) is 4.98 Å². The number of hydrogen-bond donors (Lipinski definition) is 0. The number of aromatic nitrogens is 1. The van der Waals surface area contributed by atoms with Crippen molar-refractivity contribution in [3.05, 3.63) is 56.8 Å². The van der Waals surface area contributed by atoms with Crippen molar-refractivity contribution in [3.63, 3.8) is 0 Å². The summed E-state index contributed by atoms with van der Waals surface area (Å²) < 4.78 is 5.29. The first-order chi connectivity index (χ1) is 12.1. The number of methoxy groups -OCH3 is 1. The number of aryl methyl sites for hydroxylation is 2. The molecular formula is C18H17N3O3S. The highest BCUT2D eigenvalue weighted by Gasteiger charge is 2.17. The van der Waals surface area contributed by atoms with Gasteiger partial charge in [-0.25, -0.2) is 4.98 Å². The van der Waals surface area contributed by atoms with Crippen molar-refractivity contribution in [2.45, 2.75) is 36.5 Å². The molecule has 0 spiro atoms. The van der Waals surface area contributed by atoms with E-state index in [1.54, 1.807) is 6.07 Å². The van der Waals surface area contributed by atoms with Crippen molar-refractivity contribution >= 4 is 17.4 Å². The molecule has 0 unspecified atom stereocenters. The second kappa shape index (κ2) is 7.53. The van der Waals surface area contributed by atoms with E-state index in [2.05, 4.69) is 11.1 Å². The molecule has 0 saturated carbocycles. The number of fused-ring (bicyclic) bond motifs is 1. The quantitative estimate of drug-likeness (QED) is 0.457. The predicted octanol–water partition coefficient (Wildman–Crippen LogP) is 4.04. The van der Waals surface area contributed by atoms with Gasteiger partial charge < -0.3 is 4.74 Å². The van der Waals surface area contributed by atoms with Gasteiger partial charge in [0.25, 0.3) is 5.69 Å². The average Bonchev–Trinajstić information content (AvgIpc) is 2.65. The molecular weight excluding hydrogens is 338 g/mol. The molecule has 0 bridgehead atoms. The molecule has 7 heteroatoms. The van der Waals surface area contributed by atoms with Crippen LogP contribution in [-0.4, -0.2) is 17.0 Å². The number of ether oxygens (including phenoxy) is 1. The number of benzene rings is 1. The molecule has 0 atom stereocenters. The van der Waals surface area contributed by atoms with E-state index >= 15 is 0 Å². The fourth-order valence-corrected chi connectivity index (χ4v) is 3.89. The number of nitrogens with zero attached hydrogens (tertiary/aromatic N) is 3. The monoisotopic (exact) mass is 355 g/mol. The fraction of sp³-hybridized carbons (Fsp3) is 0.333. The topological polar surface area (TPSA) is 89.1 Å². The number of non-ortho nitro benzene ring substituents is 1. The minimum atomic E-state index is -0.425. The zero-order chi connectivity index (χ0) is 17.8. The van der Waals surface area contributed by atoms with Crippen LogP contribution in [0.5, 0.6) is 5.75 Å². The fourth-order valence-electron chi connectivity index (χ4n) is 2.94. The van der Waals surface area contributed by atoms with E-state index in [-0.39, 0.29) is 5.69 Å². The van der Waals surface area contributed by atoms with E-state index in [0.29, 0.717) is 27.7 Å². The molecule has 0 saturated heterocycles. The van der Waals surface area contributed by atoms with Gasteiger partial charge in [-0.2, -0.15) is 5.26 Å². The Hall–Kier alpha value is -2.59. The summed E-state index contributed by atoms with van der Waals surface area (Å²) in [6.07, 6.45) is 4.17. The molecule has 1 aliphatic carbocycles. The zero-order valence-electron chi connectivity index (χ0n) is 13.8. The minimum Gasteiger partial charge on any atom is -0.496 e. The third-order valence-corrected chi connectivity index (χ3v) is 5.27. The average molecular weight is 355 g/mol. The lowest BCUT2D eigenvalue weighted by Crippen LogP contribution is -2.07. The highest BCUT2D eigenvalue weighted by Crippen LogP contribution is 2.33.